The molecule has 25 heteroatoms. The summed E-state index contributed by atoms with van der Waals surface area (Å²) in [5.74, 6) is 0.393. The van der Waals surface area contributed by atoms with Crippen LogP contribution in [-0.4, -0.2) is 134 Å². The molecule has 12 N–H and O–H groups in total. The van der Waals surface area contributed by atoms with Crippen LogP contribution in [0.4, 0.5) is 26.3 Å². The van der Waals surface area contributed by atoms with Gasteiger partial charge in [0.05, 0.1) is 23.5 Å². The quantitative estimate of drug-likeness (QED) is 0.0298. The highest BCUT2D eigenvalue weighted by Gasteiger charge is 2.56. The Morgan fingerprint density at radius 1 is 0.580 bits per heavy atom. The molecule has 2 unspecified atom stereocenters. The maximum atomic E-state index is 14.8. The minimum absolute atomic E-state index is 0.0619. The summed E-state index contributed by atoms with van der Waals surface area (Å²) in [5, 5.41) is 24.4. The molecule has 0 aliphatic heterocycles. The zero-order valence-electron chi connectivity index (χ0n) is 46.6. The molecule has 18 nitrogen and oxygen atoms in total. The molecule has 81 heavy (non-hydrogen) atoms. The number of aliphatic hydroxyl groups is 2. The van der Waals surface area contributed by atoms with Crippen LogP contribution in [0.3, 0.4) is 0 Å². The van der Waals surface area contributed by atoms with E-state index in [0.717, 1.165) is 25.7 Å². The number of carbonyl (C=O) groups excluding carboxylic acids is 10. The van der Waals surface area contributed by atoms with Crippen LogP contribution in [0.25, 0.3) is 0 Å². The molecule has 0 spiro atoms. The van der Waals surface area contributed by atoms with Gasteiger partial charge in [0.15, 0.2) is 11.6 Å². The number of nitrogens with two attached hydrogens (primary N) is 4. The second-order valence-electron chi connectivity index (χ2n) is 23.0. The maximum absolute atomic E-state index is 14.8. The van der Waals surface area contributed by atoms with Gasteiger partial charge in [-0.15, -0.1) is 6.42 Å². The van der Waals surface area contributed by atoms with Crippen LogP contribution in [0.15, 0.2) is 0 Å². The number of hydrogen-bond acceptors (Lipinski definition) is 13. The van der Waals surface area contributed by atoms with E-state index >= 15 is 0 Å². The normalized spacial score (nSPS) is 27.6. The van der Waals surface area contributed by atoms with Gasteiger partial charge >= 0.3 is 0 Å². The van der Waals surface area contributed by atoms with E-state index in [1.807, 2.05) is 0 Å². The molecule has 0 aromatic carbocycles. The molecule has 0 aromatic heterocycles. The molecule has 0 saturated heterocycles. The number of alkyl halides is 6. The second-order valence-corrected chi connectivity index (χ2v) is 23.6. The molecule has 6 fully saturated rings. The van der Waals surface area contributed by atoms with Gasteiger partial charge < -0.3 is 43.8 Å². The molecule has 5 atom stereocenters. The van der Waals surface area contributed by atoms with Crippen molar-refractivity contribution in [2.24, 2.45) is 39.2 Å². The third-order valence-electron chi connectivity index (χ3n) is 16.1. The third kappa shape index (κ3) is 22.0. The van der Waals surface area contributed by atoms with Crippen molar-refractivity contribution in [1.29, 1.82) is 0 Å². The van der Waals surface area contributed by atoms with Crippen LogP contribution in [0.1, 0.15) is 182 Å². The van der Waals surface area contributed by atoms with Crippen LogP contribution in [0, 0.1) is 40.4 Å². The van der Waals surface area contributed by atoms with E-state index in [0.29, 0.717) is 51.4 Å². The molecule has 456 valence electrons. The first-order chi connectivity index (χ1) is 37.5. The number of amides is 5. The summed E-state index contributed by atoms with van der Waals surface area (Å²) >= 11 is 4.64. The van der Waals surface area contributed by atoms with Gasteiger partial charge in [-0.1, -0.05) is 44.4 Å². The lowest BCUT2D eigenvalue weighted by Gasteiger charge is -2.46. The predicted octanol–water partition coefficient (Wildman–Crippen LogP) is 4.71. The lowest BCUT2D eigenvalue weighted by Crippen LogP contribution is -2.56. The summed E-state index contributed by atoms with van der Waals surface area (Å²) in [4.78, 5) is 115. The fraction of sp³-hybridized carbons (Fsp3) is 0.750. The Morgan fingerprint density at radius 3 is 1.15 bits per heavy atom. The average Bonchev–Trinajstić information content (AvgIpc) is 4.09. The highest BCUT2D eigenvalue weighted by molar-refractivity contribution is 6.62. The van der Waals surface area contributed by atoms with E-state index in [-0.39, 0.29) is 75.9 Å². The minimum atomic E-state index is -1.65. The molecule has 6 rings (SSSR count). The maximum Gasteiger partial charge on any atom is 0.285 e. The summed E-state index contributed by atoms with van der Waals surface area (Å²) in [6.45, 7) is 5.45. The summed E-state index contributed by atoms with van der Waals surface area (Å²) in [6, 6.07) is -3.16. The molecule has 6 aliphatic carbocycles. The highest BCUT2D eigenvalue weighted by Crippen LogP contribution is 2.51. The second kappa shape index (κ2) is 31.3. The number of rotatable bonds is 23. The molecule has 0 heterocycles. The number of Topliss-reactive ketones (excluding diaryl/α,β-unsaturated/α-hetero) is 4. The van der Waals surface area contributed by atoms with Crippen LogP contribution >= 0.6 is 11.6 Å². The van der Waals surface area contributed by atoms with Crippen LogP contribution in [0.2, 0.25) is 0 Å². The summed E-state index contributed by atoms with van der Waals surface area (Å²) < 4.78 is 83.8. The summed E-state index contributed by atoms with van der Waals surface area (Å²) in [7, 11) is 0. The fourth-order valence-corrected chi connectivity index (χ4v) is 12.0. The number of hydrogen-bond donors (Lipinski definition) is 8. The van der Waals surface area contributed by atoms with E-state index < -0.39 is 141 Å². The number of ketones is 4. The van der Waals surface area contributed by atoms with E-state index in [1.165, 1.54) is 20.8 Å². The average molecular weight is 1180 g/mol. The van der Waals surface area contributed by atoms with Crippen molar-refractivity contribution in [3.63, 3.8) is 0 Å². The first-order valence-corrected chi connectivity index (χ1v) is 27.5. The lowest BCUT2D eigenvalue weighted by atomic mass is 9.60. The zero-order chi connectivity index (χ0) is 61.9. The van der Waals surface area contributed by atoms with Gasteiger partial charge in [0, 0.05) is 70.1 Å². The first kappa shape index (κ1) is 71.7. The van der Waals surface area contributed by atoms with Crippen molar-refractivity contribution < 1.29 is 84.5 Å². The van der Waals surface area contributed by atoms with Crippen LogP contribution in [0.5, 0.6) is 0 Å². The Balaban J connectivity index is 0.000000385. The van der Waals surface area contributed by atoms with Gasteiger partial charge in [0.2, 0.25) is 34.7 Å². The standard InChI is InChI=1S/C17H26F2N2O4.C17H24F2N2O4.C15H24F2N2O3.C5H4.C2H3ClO/c2*1-10(22)21-12(8-17(19)4-2-3-5-17)13(23)9-16(6-11(18)7-16)14(24)15(20)25;16-9-5-14(6-9,12(21)13(19)22)8-11(20)10(18)7-15(17)3-1-2-4-15;1-3-5-4-2;1-2(3)4/h11-12,14,24H,2-9H2,1H3,(H2,20,25)(H,21,22);11-12H,2-9H2,1H3,(H2,20,25)(H,21,22);9-10,12,21H,1-8,18H2,(H2,19,22);1H,2H3;1H3/t11?,12-,14?,16?;11?,12-,16?;9?,10-,12?,14?;;/m000../s1. The van der Waals surface area contributed by atoms with Crippen molar-refractivity contribution in [2.75, 3.05) is 0 Å². The molecule has 6 aliphatic rings. The Bertz CT molecular complexity index is 2360. The van der Waals surface area contributed by atoms with E-state index in [1.54, 1.807) is 6.92 Å². The number of primary amides is 3. The van der Waals surface area contributed by atoms with Crippen LogP contribution in [-0.2, 0) is 47.9 Å². The number of halogens is 7. The Kier molecular flexibility index (Phi) is 27.7. The molecular formula is C56H81ClF6N6O12. The molecule has 5 amide bonds. The minimum Gasteiger partial charge on any atom is -0.383 e. The molecule has 0 bridgehead atoms. The van der Waals surface area contributed by atoms with Gasteiger partial charge in [-0.05, 0) is 107 Å². The topological polar surface area (TPSA) is 339 Å². The fourth-order valence-electron chi connectivity index (χ4n) is 12.0. The Labute approximate surface area is 474 Å². The summed E-state index contributed by atoms with van der Waals surface area (Å²) in [5.41, 5.74) is 12.6. The zero-order valence-corrected chi connectivity index (χ0v) is 47.4. The van der Waals surface area contributed by atoms with E-state index in [9.17, 15) is 84.5 Å². The van der Waals surface area contributed by atoms with Crippen molar-refractivity contribution in [1.82, 2.24) is 10.6 Å². The largest absolute Gasteiger partial charge is 0.383 e. The monoisotopic (exact) mass is 1180 g/mol. The van der Waals surface area contributed by atoms with Gasteiger partial charge in [0.25, 0.3) is 5.91 Å². The number of aliphatic hydroxyl groups excluding tert-OH is 2. The number of nitrogens with one attached hydrogen (secondary N) is 2. The molecular weight excluding hydrogens is 1100 g/mol. The van der Waals surface area contributed by atoms with Gasteiger partial charge in [-0.2, -0.15) is 0 Å². The molecule has 6 saturated carbocycles. The summed E-state index contributed by atoms with van der Waals surface area (Å²) in [6.07, 6.45) is 1.97. The first-order valence-electron chi connectivity index (χ1n) is 27.2. The van der Waals surface area contributed by atoms with Crippen molar-refractivity contribution in [2.45, 2.75) is 248 Å². The van der Waals surface area contributed by atoms with Gasteiger partial charge in [-0.25, -0.2) is 26.3 Å². The SMILES string of the molecule is C#CC#CC.CC(=O)Cl.CC(=O)N[C@@H](CC1(F)CCCC1)C(=O)CC1(C(=O)C(N)=O)CC(F)C1.CC(=O)N[C@@H](CC1(F)CCCC1)C(=O)CC1(C(O)C(N)=O)CC(F)C1.NC(=O)C(O)C1(CC(=O)[C@@H](N)CC2(F)CCCC2)CC(F)C1. The predicted molar refractivity (Wildman–Crippen MR) is 286 cm³/mol. The molecule has 0 radical (unpaired) electrons. The van der Waals surface area contributed by atoms with Crippen molar-refractivity contribution >= 4 is 69.5 Å². The highest BCUT2D eigenvalue weighted by atomic mass is 35.5. The number of carbonyl (C=O) groups is 10. The smallest absolute Gasteiger partial charge is 0.285 e. The van der Waals surface area contributed by atoms with Crippen LogP contribution < -0.4 is 33.6 Å². The third-order valence-corrected chi connectivity index (χ3v) is 16.1. The van der Waals surface area contributed by atoms with Gasteiger partial charge in [-0.3, -0.25) is 47.9 Å². The van der Waals surface area contributed by atoms with Crippen molar-refractivity contribution in [3.05, 3.63) is 0 Å². The Morgan fingerprint density at radius 2 is 0.889 bits per heavy atom. The van der Waals surface area contributed by atoms with E-state index in [2.05, 4.69) is 40.0 Å². The molecule has 0 aromatic rings. The van der Waals surface area contributed by atoms with Gasteiger partial charge in [0.1, 0.15) is 53.5 Å². The number of terminal acetylenes is 1. The van der Waals surface area contributed by atoms with Crippen molar-refractivity contribution in [3.8, 4) is 24.2 Å². The Hall–Kier alpha value is -5.43. The van der Waals surface area contributed by atoms with E-state index in [4.69, 9.17) is 29.4 Å². The lowest BCUT2D eigenvalue weighted by molar-refractivity contribution is -0.151.